The molecule has 0 unspecified atom stereocenters. The van der Waals surface area contributed by atoms with Gasteiger partial charge in [0.05, 0.1) is 14.2 Å². The van der Waals surface area contributed by atoms with Crippen molar-refractivity contribution >= 4 is 11.9 Å². The number of hydrogen-bond acceptors (Lipinski definition) is 6. The molecule has 7 nitrogen and oxygen atoms in total. The van der Waals surface area contributed by atoms with Gasteiger partial charge in [-0.2, -0.15) is 0 Å². The van der Waals surface area contributed by atoms with Crippen LogP contribution in [-0.4, -0.2) is 30.1 Å². The Kier molecular flexibility index (Phi) is 6.41. The maximum Gasteiger partial charge on any atom is 0.270 e. The average Bonchev–Trinajstić information content (AvgIpc) is 2.76. The zero-order valence-corrected chi connectivity index (χ0v) is 15.8. The first-order chi connectivity index (χ1) is 13.7. The first-order valence-electron chi connectivity index (χ1n) is 8.79. The van der Waals surface area contributed by atoms with Gasteiger partial charge < -0.3 is 20.1 Å². The summed E-state index contributed by atoms with van der Waals surface area (Å²) in [6.07, 6.45) is 1.56. The second-order valence-electron chi connectivity index (χ2n) is 5.98. The van der Waals surface area contributed by atoms with Gasteiger partial charge in [0.2, 0.25) is 5.95 Å². The molecule has 0 atom stereocenters. The standard InChI is InChI=1S/C21H22N4O3/c1-27-18-9-8-16(12-19(18)28-2)14-24-21-22-11-10-17(25-21)20(26)23-13-15-6-4-3-5-7-15/h3-12H,13-14H2,1-2H3,(H,23,26)(H,22,24,25). The molecule has 1 heterocycles. The lowest BCUT2D eigenvalue weighted by Gasteiger charge is -2.11. The molecule has 0 aliphatic rings. The van der Waals surface area contributed by atoms with E-state index in [9.17, 15) is 4.79 Å². The van der Waals surface area contributed by atoms with Gasteiger partial charge in [0.15, 0.2) is 11.5 Å². The number of anilines is 1. The van der Waals surface area contributed by atoms with Gasteiger partial charge in [0, 0.05) is 19.3 Å². The molecular formula is C21H22N4O3. The number of hydrogen-bond donors (Lipinski definition) is 2. The van der Waals surface area contributed by atoms with Crippen LogP contribution in [0.3, 0.4) is 0 Å². The van der Waals surface area contributed by atoms with Gasteiger partial charge in [-0.25, -0.2) is 9.97 Å². The fourth-order valence-electron chi connectivity index (χ4n) is 2.61. The van der Waals surface area contributed by atoms with E-state index in [2.05, 4.69) is 20.6 Å². The molecule has 0 aliphatic heterocycles. The predicted octanol–water partition coefficient (Wildman–Crippen LogP) is 3.04. The molecule has 144 valence electrons. The largest absolute Gasteiger partial charge is 0.493 e. The van der Waals surface area contributed by atoms with Gasteiger partial charge in [0.1, 0.15) is 5.69 Å². The van der Waals surface area contributed by atoms with E-state index in [0.29, 0.717) is 36.2 Å². The van der Waals surface area contributed by atoms with E-state index in [0.717, 1.165) is 11.1 Å². The van der Waals surface area contributed by atoms with Crippen LogP contribution in [0.15, 0.2) is 60.8 Å². The number of aromatic nitrogens is 2. The van der Waals surface area contributed by atoms with E-state index in [1.54, 1.807) is 26.5 Å². The predicted molar refractivity (Wildman–Crippen MR) is 107 cm³/mol. The maximum atomic E-state index is 12.3. The molecule has 0 bridgehead atoms. The molecule has 0 saturated carbocycles. The first kappa shape index (κ1) is 19.2. The van der Waals surface area contributed by atoms with Crippen molar-refractivity contribution < 1.29 is 14.3 Å². The Morgan fingerprint density at radius 3 is 2.46 bits per heavy atom. The third-order valence-corrected chi connectivity index (χ3v) is 4.08. The molecule has 28 heavy (non-hydrogen) atoms. The van der Waals surface area contributed by atoms with Crippen LogP contribution in [0.1, 0.15) is 21.6 Å². The van der Waals surface area contributed by atoms with E-state index in [4.69, 9.17) is 9.47 Å². The lowest BCUT2D eigenvalue weighted by molar-refractivity contribution is 0.0946. The van der Waals surface area contributed by atoms with Crippen molar-refractivity contribution in [2.45, 2.75) is 13.1 Å². The van der Waals surface area contributed by atoms with Crippen molar-refractivity contribution in [2.75, 3.05) is 19.5 Å². The highest BCUT2D eigenvalue weighted by molar-refractivity contribution is 5.92. The van der Waals surface area contributed by atoms with Crippen molar-refractivity contribution in [3.63, 3.8) is 0 Å². The van der Waals surface area contributed by atoms with E-state index in [-0.39, 0.29) is 5.91 Å². The molecule has 1 amide bonds. The van der Waals surface area contributed by atoms with Crippen molar-refractivity contribution in [1.29, 1.82) is 0 Å². The quantitative estimate of drug-likeness (QED) is 0.627. The van der Waals surface area contributed by atoms with Crippen LogP contribution in [0, 0.1) is 0 Å². The minimum Gasteiger partial charge on any atom is -0.493 e. The second kappa shape index (κ2) is 9.36. The van der Waals surface area contributed by atoms with Crippen LogP contribution in [0.5, 0.6) is 11.5 Å². The van der Waals surface area contributed by atoms with Gasteiger partial charge in [-0.3, -0.25) is 4.79 Å². The number of carbonyl (C=O) groups excluding carboxylic acids is 1. The Morgan fingerprint density at radius 1 is 0.929 bits per heavy atom. The van der Waals surface area contributed by atoms with Gasteiger partial charge >= 0.3 is 0 Å². The van der Waals surface area contributed by atoms with Crippen LogP contribution < -0.4 is 20.1 Å². The third-order valence-electron chi connectivity index (χ3n) is 4.08. The summed E-state index contributed by atoms with van der Waals surface area (Å²) in [6, 6.07) is 16.9. The van der Waals surface area contributed by atoms with Crippen LogP contribution in [0.4, 0.5) is 5.95 Å². The fraction of sp³-hybridized carbons (Fsp3) is 0.190. The SMILES string of the molecule is COc1ccc(CNc2nccc(C(=O)NCc3ccccc3)n2)cc1OC. The summed E-state index contributed by atoms with van der Waals surface area (Å²) < 4.78 is 10.5. The number of nitrogens with zero attached hydrogens (tertiary/aromatic N) is 2. The van der Waals surface area contributed by atoms with Crippen molar-refractivity contribution in [2.24, 2.45) is 0 Å². The summed E-state index contributed by atoms with van der Waals surface area (Å²) >= 11 is 0. The molecule has 0 saturated heterocycles. The lowest BCUT2D eigenvalue weighted by atomic mass is 10.2. The van der Waals surface area contributed by atoms with Gasteiger partial charge in [-0.15, -0.1) is 0 Å². The van der Waals surface area contributed by atoms with E-state index in [1.807, 2.05) is 48.5 Å². The Morgan fingerprint density at radius 2 is 1.71 bits per heavy atom. The summed E-state index contributed by atoms with van der Waals surface area (Å²) in [5.74, 6) is 1.44. The number of methoxy groups -OCH3 is 2. The molecule has 0 aliphatic carbocycles. The smallest absolute Gasteiger partial charge is 0.270 e. The Labute approximate surface area is 163 Å². The molecule has 0 spiro atoms. The summed E-state index contributed by atoms with van der Waals surface area (Å²) in [5, 5.41) is 5.98. The molecule has 0 fully saturated rings. The second-order valence-corrected chi connectivity index (χ2v) is 5.98. The third kappa shape index (κ3) is 4.97. The molecule has 7 heteroatoms. The first-order valence-corrected chi connectivity index (χ1v) is 8.79. The van der Waals surface area contributed by atoms with Gasteiger partial charge in [-0.1, -0.05) is 36.4 Å². The minimum atomic E-state index is -0.250. The summed E-state index contributed by atoms with van der Waals surface area (Å²) in [4.78, 5) is 20.8. The number of amides is 1. The van der Waals surface area contributed by atoms with Crippen LogP contribution in [0.25, 0.3) is 0 Å². The minimum absolute atomic E-state index is 0.250. The molecule has 2 aromatic carbocycles. The van der Waals surface area contributed by atoms with Crippen molar-refractivity contribution in [3.05, 3.63) is 77.6 Å². The average molecular weight is 378 g/mol. The zero-order valence-electron chi connectivity index (χ0n) is 15.8. The van der Waals surface area contributed by atoms with Crippen LogP contribution in [0.2, 0.25) is 0 Å². The Balaban J connectivity index is 1.61. The summed E-state index contributed by atoms with van der Waals surface area (Å²) in [5.41, 5.74) is 2.30. The lowest BCUT2D eigenvalue weighted by Crippen LogP contribution is -2.24. The Bertz CT molecular complexity index is 932. The molecular weight excluding hydrogens is 356 g/mol. The number of nitrogens with one attached hydrogen (secondary N) is 2. The fourth-order valence-corrected chi connectivity index (χ4v) is 2.61. The van der Waals surface area contributed by atoms with E-state index in [1.165, 1.54) is 0 Å². The number of ether oxygens (including phenoxy) is 2. The summed E-state index contributed by atoms with van der Waals surface area (Å²) in [6.45, 7) is 0.924. The van der Waals surface area contributed by atoms with Crippen LogP contribution in [-0.2, 0) is 13.1 Å². The normalized spacial score (nSPS) is 10.2. The van der Waals surface area contributed by atoms with Crippen molar-refractivity contribution in [1.82, 2.24) is 15.3 Å². The van der Waals surface area contributed by atoms with Crippen LogP contribution >= 0.6 is 0 Å². The monoisotopic (exact) mass is 378 g/mol. The Hall–Kier alpha value is -3.61. The molecule has 1 aromatic heterocycles. The van der Waals surface area contributed by atoms with Crippen molar-refractivity contribution in [3.8, 4) is 11.5 Å². The van der Waals surface area contributed by atoms with Gasteiger partial charge in [-0.05, 0) is 29.3 Å². The number of carbonyl (C=O) groups is 1. The molecule has 3 aromatic rings. The van der Waals surface area contributed by atoms with Gasteiger partial charge in [0.25, 0.3) is 5.91 Å². The summed E-state index contributed by atoms with van der Waals surface area (Å²) in [7, 11) is 3.19. The number of benzene rings is 2. The topological polar surface area (TPSA) is 85.4 Å². The molecule has 3 rings (SSSR count). The molecule has 0 radical (unpaired) electrons. The molecule has 2 N–H and O–H groups in total. The highest BCUT2D eigenvalue weighted by atomic mass is 16.5. The van der Waals surface area contributed by atoms with E-state index >= 15 is 0 Å². The highest BCUT2D eigenvalue weighted by Gasteiger charge is 2.09. The zero-order chi connectivity index (χ0) is 19.8. The maximum absolute atomic E-state index is 12.3. The van der Waals surface area contributed by atoms with E-state index < -0.39 is 0 Å². The number of rotatable bonds is 8. The highest BCUT2D eigenvalue weighted by Crippen LogP contribution is 2.27.